The number of carbonyl (C=O) groups excluding carboxylic acids is 3. The van der Waals surface area contributed by atoms with Gasteiger partial charge in [0.1, 0.15) is 24.4 Å². The molecule has 5 rings (SSSR count). The number of esters is 1. The number of benzene rings is 3. The lowest BCUT2D eigenvalue weighted by Gasteiger charge is -2.55. The van der Waals surface area contributed by atoms with Crippen LogP contribution >= 0.6 is 11.8 Å². The van der Waals surface area contributed by atoms with Crippen molar-refractivity contribution in [1.29, 1.82) is 0 Å². The number of piperidine rings is 1. The molecule has 2 aliphatic rings. The van der Waals surface area contributed by atoms with Crippen molar-refractivity contribution in [3.8, 4) is 5.75 Å². The van der Waals surface area contributed by atoms with E-state index in [9.17, 15) is 24.5 Å². The zero-order valence-corrected chi connectivity index (χ0v) is 22.2. The fraction of sp³-hybridized carbons (Fsp3) is 0.276. The molecule has 10 nitrogen and oxygen atoms in total. The summed E-state index contributed by atoms with van der Waals surface area (Å²) in [5.74, 6) is -0.760. The number of nitro benzene ring substituents is 1. The van der Waals surface area contributed by atoms with Gasteiger partial charge in [0.25, 0.3) is 11.6 Å². The first kappa shape index (κ1) is 27.2. The second-order valence-corrected chi connectivity index (χ2v) is 10.8. The van der Waals surface area contributed by atoms with Crippen molar-refractivity contribution in [1.82, 2.24) is 10.2 Å². The Balaban J connectivity index is 1.26. The first-order valence-electron chi connectivity index (χ1n) is 12.8. The lowest BCUT2D eigenvalue weighted by atomic mass is 9.82. The Hall–Kier alpha value is -4.38. The number of hydrogen-bond donors (Lipinski definition) is 1. The molecule has 3 aromatic carbocycles. The van der Waals surface area contributed by atoms with Gasteiger partial charge in [-0.3, -0.25) is 19.7 Å². The van der Waals surface area contributed by atoms with Crippen LogP contribution < -0.4 is 10.1 Å². The van der Waals surface area contributed by atoms with Crippen LogP contribution in [0.25, 0.3) is 0 Å². The third kappa shape index (κ3) is 6.09. The number of rotatable bonds is 10. The van der Waals surface area contributed by atoms with E-state index >= 15 is 0 Å². The van der Waals surface area contributed by atoms with Gasteiger partial charge in [-0.25, -0.2) is 4.79 Å². The second-order valence-electron chi connectivity index (χ2n) is 9.48. The summed E-state index contributed by atoms with van der Waals surface area (Å²) in [7, 11) is 0. The predicted octanol–water partition coefficient (Wildman–Crippen LogP) is 3.74. The molecule has 2 fully saturated rings. The summed E-state index contributed by atoms with van der Waals surface area (Å²) in [6.07, 6.45) is 1.26. The summed E-state index contributed by atoms with van der Waals surface area (Å²) >= 11 is 1.51. The Kier molecular flexibility index (Phi) is 8.30. The number of non-ortho nitro benzene ring substituents is 1. The van der Waals surface area contributed by atoms with E-state index in [0.29, 0.717) is 24.2 Å². The first-order chi connectivity index (χ1) is 19.4. The van der Waals surface area contributed by atoms with Crippen LogP contribution in [0.1, 0.15) is 18.4 Å². The third-order valence-corrected chi connectivity index (χ3v) is 8.23. The molecule has 0 radical (unpaired) electrons. The molecule has 2 aliphatic heterocycles. The minimum absolute atomic E-state index is 0.0574. The molecule has 0 saturated carbocycles. The lowest BCUT2D eigenvalue weighted by molar-refractivity contribution is -0.384. The summed E-state index contributed by atoms with van der Waals surface area (Å²) < 4.78 is 11.1. The van der Waals surface area contributed by atoms with Crippen molar-refractivity contribution in [3.63, 3.8) is 0 Å². The van der Waals surface area contributed by atoms with Gasteiger partial charge in [0.05, 0.1) is 11.0 Å². The first-order valence-corrected chi connectivity index (χ1v) is 13.7. The number of amides is 2. The molecule has 2 heterocycles. The zero-order chi connectivity index (χ0) is 28.1. The van der Waals surface area contributed by atoms with Gasteiger partial charge < -0.3 is 19.7 Å². The van der Waals surface area contributed by atoms with Gasteiger partial charge in [-0.05, 0) is 54.8 Å². The van der Waals surface area contributed by atoms with E-state index in [1.54, 1.807) is 24.3 Å². The molecule has 0 aromatic heterocycles. The molecule has 11 heteroatoms. The third-order valence-electron chi connectivity index (χ3n) is 6.89. The quantitative estimate of drug-likeness (QED) is 0.172. The summed E-state index contributed by atoms with van der Waals surface area (Å²) in [4.78, 5) is 52.2. The van der Waals surface area contributed by atoms with E-state index in [2.05, 4.69) is 5.32 Å². The normalized spacial score (nSPS) is 21.5. The molecule has 3 aromatic rings. The highest BCUT2D eigenvalue weighted by atomic mass is 32.2. The van der Waals surface area contributed by atoms with Gasteiger partial charge >= 0.3 is 5.97 Å². The molecule has 0 spiro atoms. The standard InChI is InChI=1S/C29H27N3O7S/c33-25(18-38-21-7-3-1-4-8-21)30-26-23-15-16-24(40-22-9-5-2-6-10-22)27(31(23)28(26)34)29(35)39-17-19-11-13-20(14-12-19)32(36)37/h1-14,23-24,26-27H,15-18H2,(H,30,33)/t23-,24-,26+,27-/m1/s1. The van der Waals surface area contributed by atoms with Gasteiger partial charge in [0.15, 0.2) is 6.61 Å². The Labute approximate surface area is 234 Å². The van der Waals surface area contributed by atoms with E-state index in [0.717, 1.165) is 4.90 Å². The SMILES string of the molecule is O=C(COc1ccccc1)N[C@@H]1C(=O)N2[C@@H]1CC[C@@H](Sc1ccccc1)[C@@H]2C(=O)OCc1ccc([N+](=O)[O-])cc1. The van der Waals surface area contributed by atoms with Gasteiger partial charge in [-0.15, -0.1) is 11.8 Å². The van der Waals surface area contributed by atoms with Crippen molar-refractivity contribution in [2.75, 3.05) is 6.61 Å². The van der Waals surface area contributed by atoms with Crippen LogP contribution in [0.5, 0.6) is 5.75 Å². The number of carbonyl (C=O) groups is 3. The second kappa shape index (κ2) is 12.2. The fourth-order valence-corrected chi connectivity index (χ4v) is 6.23. The average Bonchev–Trinajstić information content (AvgIpc) is 2.98. The Morgan fingerprint density at radius 2 is 1.65 bits per heavy atom. The number of thioether (sulfide) groups is 1. The molecule has 4 atom stereocenters. The minimum atomic E-state index is -0.844. The summed E-state index contributed by atoms with van der Waals surface area (Å²) in [6, 6.07) is 22.4. The average molecular weight is 562 g/mol. The maximum absolute atomic E-state index is 13.4. The number of nitrogens with zero attached hydrogens (tertiary/aromatic N) is 2. The van der Waals surface area contributed by atoms with E-state index in [1.807, 2.05) is 36.4 Å². The molecule has 206 valence electrons. The van der Waals surface area contributed by atoms with E-state index < -0.39 is 28.9 Å². The monoisotopic (exact) mass is 561 g/mol. The topological polar surface area (TPSA) is 128 Å². The van der Waals surface area contributed by atoms with E-state index in [4.69, 9.17) is 9.47 Å². The van der Waals surface area contributed by atoms with E-state index in [-0.39, 0.29) is 36.1 Å². The lowest BCUT2D eigenvalue weighted by Crippen LogP contribution is -2.77. The number of nitro groups is 1. The Morgan fingerprint density at radius 3 is 2.33 bits per heavy atom. The Morgan fingerprint density at radius 1 is 0.975 bits per heavy atom. The minimum Gasteiger partial charge on any atom is -0.484 e. The molecule has 0 bridgehead atoms. The van der Waals surface area contributed by atoms with Crippen molar-refractivity contribution in [3.05, 3.63) is 101 Å². The Bertz CT molecular complexity index is 1370. The van der Waals surface area contributed by atoms with Crippen molar-refractivity contribution in [2.24, 2.45) is 0 Å². The fourth-order valence-electron chi connectivity index (χ4n) is 4.94. The summed E-state index contributed by atoms with van der Waals surface area (Å²) in [5.41, 5.74) is 0.537. The van der Waals surface area contributed by atoms with Crippen LogP contribution in [0, 0.1) is 10.1 Å². The molecule has 0 aliphatic carbocycles. The van der Waals surface area contributed by atoms with Crippen molar-refractivity contribution >= 4 is 35.2 Å². The van der Waals surface area contributed by atoms with Gasteiger partial charge in [0.2, 0.25) is 5.91 Å². The van der Waals surface area contributed by atoms with Crippen molar-refractivity contribution in [2.45, 2.75) is 47.7 Å². The van der Waals surface area contributed by atoms with Crippen LogP contribution in [-0.2, 0) is 25.7 Å². The predicted molar refractivity (Wildman–Crippen MR) is 147 cm³/mol. The van der Waals surface area contributed by atoms with Crippen LogP contribution in [0.15, 0.2) is 89.8 Å². The van der Waals surface area contributed by atoms with E-state index in [1.165, 1.54) is 40.9 Å². The summed E-state index contributed by atoms with van der Waals surface area (Å²) in [6.45, 7) is -0.312. The molecule has 0 unspecified atom stereocenters. The number of fused-ring (bicyclic) bond motifs is 1. The number of β-lactam (4-membered cyclic amide) rings is 1. The molecule has 1 N–H and O–H groups in total. The van der Waals surface area contributed by atoms with Crippen molar-refractivity contribution < 1.29 is 28.8 Å². The van der Waals surface area contributed by atoms with Gasteiger partial charge in [-0.2, -0.15) is 0 Å². The highest BCUT2D eigenvalue weighted by Crippen LogP contribution is 2.41. The van der Waals surface area contributed by atoms with Crippen LogP contribution in [0.3, 0.4) is 0 Å². The number of ether oxygens (including phenoxy) is 2. The zero-order valence-electron chi connectivity index (χ0n) is 21.4. The smallest absolute Gasteiger partial charge is 0.330 e. The highest BCUT2D eigenvalue weighted by molar-refractivity contribution is 8.00. The van der Waals surface area contributed by atoms with Crippen LogP contribution in [0.2, 0.25) is 0 Å². The number of nitrogens with one attached hydrogen (secondary N) is 1. The molecule has 2 saturated heterocycles. The number of hydrogen-bond acceptors (Lipinski definition) is 8. The van der Waals surface area contributed by atoms with Crippen LogP contribution in [-0.4, -0.2) is 57.6 Å². The van der Waals surface area contributed by atoms with Gasteiger partial charge in [0, 0.05) is 22.3 Å². The largest absolute Gasteiger partial charge is 0.484 e. The van der Waals surface area contributed by atoms with Gasteiger partial charge in [-0.1, -0.05) is 36.4 Å². The summed E-state index contributed by atoms with van der Waals surface area (Å²) in [5, 5.41) is 13.4. The molecular formula is C29H27N3O7S. The number of para-hydroxylation sites is 1. The highest BCUT2D eigenvalue weighted by Gasteiger charge is 2.57. The maximum atomic E-state index is 13.4. The molecule has 40 heavy (non-hydrogen) atoms. The molecular weight excluding hydrogens is 534 g/mol. The molecule has 2 amide bonds. The maximum Gasteiger partial charge on any atom is 0.330 e. The van der Waals surface area contributed by atoms with Crippen LogP contribution in [0.4, 0.5) is 5.69 Å².